The van der Waals surface area contributed by atoms with Crippen molar-refractivity contribution in [1.29, 1.82) is 0 Å². The summed E-state index contributed by atoms with van der Waals surface area (Å²) in [4.78, 5) is 29.7. The van der Waals surface area contributed by atoms with E-state index in [2.05, 4.69) is 15.6 Å². The molecule has 150 valence electrons. The normalized spacial score (nSPS) is 10.5. The molecule has 0 aliphatic heterocycles. The molecule has 0 aliphatic rings. The van der Waals surface area contributed by atoms with Crippen LogP contribution in [0.2, 0.25) is 0 Å². The lowest BCUT2D eigenvalue weighted by molar-refractivity contribution is -0.116. The summed E-state index contributed by atoms with van der Waals surface area (Å²) < 4.78 is 0. The second-order valence-electron chi connectivity index (χ2n) is 6.45. The minimum absolute atomic E-state index is 0.000232. The number of rotatable bonds is 9. The number of anilines is 1. The molecule has 0 fully saturated rings. The van der Waals surface area contributed by atoms with Gasteiger partial charge in [0.1, 0.15) is 0 Å². The molecule has 2 aromatic carbocycles. The van der Waals surface area contributed by atoms with E-state index in [1.165, 1.54) is 0 Å². The number of nitrogens with zero attached hydrogens (tertiary/aromatic N) is 1. The molecule has 29 heavy (non-hydrogen) atoms. The second kappa shape index (κ2) is 10.8. The molecule has 0 saturated heterocycles. The van der Waals surface area contributed by atoms with Gasteiger partial charge in [0, 0.05) is 34.7 Å². The Bertz CT molecular complexity index is 958. The Hall–Kier alpha value is -2.64. The predicted molar refractivity (Wildman–Crippen MR) is 119 cm³/mol. The first kappa shape index (κ1) is 21.1. The number of thiazole rings is 1. The third kappa shape index (κ3) is 6.44. The lowest BCUT2D eigenvalue weighted by atomic mass is 10.1. The van der Waals surface area contributed by atoms with Crippen LogP contribution in [0.15, 0.2) is 64.3 Å². The molecular formula is C22H23N3O2S2. The van der Waals surface area contributed by atoms with Crippen molar-refractivity contribution in [3.05, 3.63) is 76.2 Å². The highest BCUT2D eigenvalue weighted by atomic mass is 32.2. The summed E-state index contributed by atoms with van der Waals surface area (Å²) in [6.45, 7) is 2.36. The first-order valence-corrected chi connectivity index (χ1v) is 11.3. The SMILES string of the molecule is CCCC(=O)Nc1cccc(CNC(=O)c2ccccc2SCc2cscn2)c1. The number of benzene rings is 2. The summed E-state index contributed by atoms with van der Waals surface area (Å²) in [5.41, 5.74) is 5.15. The van der Waals surface area contributed by atoms with Crippen LogP contribution in [0, 0.1) is 0 Å². The van der Waals surface area contributed by atoms with E-state index in [0.29, 0.717) is 18.5 Å². The first-order chi connectivity index (χ1) is 14.2. The van der Waals surface area contributed by atoms with Crippen molar-refractivity contribution in [3.63, 3.8) is 0 Å². The van der Waals surface area contributed by atoms with Crippen molar-refractivity contribution in [1.82, 2.24) is 10.3 Å². The highest BCUT2D eigenvalue weighted by Crippen LogP contribution is 2.26. The van der Waals surface area contributed by atoms with E-state index in [1.807, 2.05) is 66.3 Å². The van der Waals surface area contributed by atoms with Crippen molar-refractivity contribution < 1.29 is 9.59 Å². The summed E-state index contributed by atoms with van der Waals surface area (Å²) in [6, 6.07) is 15.1. The monoisotopic (exact) mass is 425 g/mol. The summed E-state index contributed by atoms with van der Waals surface area (Å²) in [5.74, 6) is 0.611. The van der Waals surface area contributed by atoms with Crippen LogP contribution in [0.1, 0.15) is 41.4 Å². The van der Waals surface area contributed by atoms with E-state index in [0.717, 1.165) is 34.0 Å². The Morgan fingerprint density at radius 2 is 2.00 bits per heavy atom. The molecule has 0 radical (unpaired) electrons. The minimum Gasteiger partial charge on any atom is -0.348 e. The van der Waals surface area contributed by atoms with Gasteiger partial charge in [-0.1, -0.05) is 31.2 Å². The van der Waals surface area contributed by atoms with Gasteiger partial charge in [0.15, 0.2) is 0 Å². The van der Waals surface area contributed by atoms with E-state index < -0.39 is 0 Å². The molecule has 0 saturated carbocycles. The highest BCUT2D eigenvalue weighted by molar-refractivity contribution is 7.98. The molecule has 3 aromatic rings. The zero-order valence-corrected chi connectivity index (χ0v) is 17.8. The summed E-state index contributed by atoms with van der Waals surface area (Å²) in [6.07, 6.45) is 1.30. The zero-order chi connectivity index (χ0) is 20.5. The molecule has 0 unspecified atom stereocenters. The van der Waals surface area contributed by atoms with Crippen molar-refractivity contribution in [2.45, 2.75) is 37.0 Å². The predicted octanol–water partition coefficient (Wildman–Crippen LogP) is 5.10. The standard InChI is InChI=1S/C22H23N3O2S2/c1-2-6-21(26)25-17-8-5-7-16(11-17)12-23-22(27)19-9-3-4-10-20(19)29-14-18-13-28-15-24-18/h3-5,7-11,13,15H,2,6,12,14H2,1H3,(H,23,27)(H,25,26). The van der Waals surface area contributed by atoms with Gasteiger partial charge >= 0.3 is 0 Å². The van der Waals surface area contributed by atoms with E-state index in [9.17, 15) is 9.59 Å². The van der Waals surface area contributed by atoms with Crippen LogP contribution < -0.4 is 10.6 Å². The van der Waals surface area contributed by atoms with Gasteiger partial charge in [-0.25, -0.2) is 4.98 Å². The Morgan fingerprint density at radius 3 is 2.79 bits per heavy atom. The number of carbonyl (C=O) groups is 2. The number of hydrogen-bond donors (Lipinski definition) is 2. The molecule has 2 amide bonds. The van der Waals surface area contributed by atoms with Gasteiger partial charge in [-0.2, -0.15) is 0 Å². The van der Waals surface area contributed by atoms with Gasteiger partial charge in [-0.05, 0) is 36.2 Å². The van der Waals surface area contributed by atoms with Gasteiger partial charge in [0.05, 0.1) is 16.8 Å². The number of amides is 2. The molecule has 3 rings (SSSR count). The van der Waals surface area contributed by atoms with Gasteiger partial charge in [0.25, 0.3) is 5.91 Å². The van der Waals surface area contributed by atoms with Crippen molar-refractivity contribution in [2.24, 2.45) is 0 Å². The number of hydrogen-bond acceptors (Lipinski definition) is 5. The maximum Gasteiger partial charge on any atom is 0.252 e. The Balaban J connectivity index is 1.60. The van der Waals surface area contributed by atoms with Crippen LogP contribution in [-0.2, 0) is 17.1 Å². The maximum atomic E-state index is 12.7. The van der Waals surface area contributed by atoms with Crippen LogP contribution in [0.4, 0.5) is 5.69 Å². The number of nitrogens with one attached hydrogen (secondary N) is 2. The number of thioether (sulfide) groups is 1. The quantitative estimate of drug-likeness (QED) is 0.468. The average molecular weight is 426 g/mol. The third-order valence-corrected chi connectivity index (χ3v) is 5.87. The van der Waals surface area contributed by atoms with Crippen LogP contribution >= 0.6 is 23.1 Å². The van der Waals surface area contributed by atoms with E-state index in [4.69, 9.17) is 0 Å². The first-order valence-electron chi connectivity index (χ1n) is 9.41. The van der Waals surface area contributed by atoms with Crippen LogP contribution in [-0.4, -0.2) is 16.8 Å². The maximum absolute atomic E-state index is 12.7. The lowest BCUT2D eigenvalue weighted by Crippen LogP contribution is -2.23. The molecule has 7 heteroatoms. The molecule has 1 heterocycles. The van der Waals surface area contributed by atoms with Gasteiger partial charge in [0.2, 0.25) is 5.91 Å². The minimum atomic E-state index is -0.119. The smallest absolute Gasteiger partial charge is 0.252 e. The third-order valence-electron chi connectivity index (χ3n) is 4.13. The molecule has 2 N–H and O–H groups in total. The van der Waals surface area contributed by atoms with Crippen LogP contribution in [0.5, 0.6) is 0 Å². The van der Waals surface area contributed by atoms with E-state index in [1.54, 1.807) is 23.1 Å². The Morgan fingerprint density at radius 1 is 1.14 bits per heavy atom. The fourth-order valence-electron chi connectivity index (χ4n) is 2.73. The van der Waals surface area contributed by atoms with Gasteiger partial charge in [-0.15, -0.1) is 23.1 Å². The second-order valence-corrected chi connectivity index (χ2v) is 8.18. The van der Waals surface area contributed by atoms with E-state index >= 15 is 0 Å². The molecule has 0 atom stereocenters. The van der Waals surface area contributed by atoms with Crippen LogP contribution in [0.3, 0.4) is 0 Å². The number of aromatic nitrogens is 1. The topological polar surface area (TPSA) is 71.1 Å². The number of carbonyl (C=O) groups excluding carboxylic acids is 2. The molecular weight excluding hydrogens is 402 g/mol. The fraction of sp³-hybridized carbons (Fsp3) is 0.227. The van der Waals surface area contributed by atoms with E-state index in [-0.39, 0.29) is 11.8 Å². The Labute approximate surface area is 179 Å². The highest BCUT2D eigenvalue weighted by Gasteiger charge is 2.12. The summed E-state index contributed by atoms with van der Waals surface area (Å²) in [7, 11) is 0. The molecule has 1 aromatic heterocycles. The summed E-state index contributed by atoms with van der Waals surface area (Å²) in [5, 5.41) is 7.87. The molecule has 5 nitrogen and oxygen atoms in total. The molecule has 0 aliphatic carbocycles. The Kier molecular flexibility index (Phi) is 7.84. The fourth-order valence-corrected chi connectivity index (χ4v) is 4.34. The van der Waals surface area contributed by atoms with Crippen LogP contribution in [0.25, 0.3) is 0 Å². The zero-order valence-electron chi connectivity index (χ0n) is 16.2. The van der Waals surface area contributed by atoms with Gasteiger partial charge < -0.3 is 10.6 Å². The van der Waals surface area contributed by atoms with Crippen molar-refractivity contribution in [3.8, 4) is 0 Å². The van der Waals surface area contributed by atoms with Gasteiger partial charge in [-0.3, -0.25) is 9.59 Å². The molecule has 0 bridgehead atoms. The lowest BCUT2D eigenvalue weighted by Gasteiger charge is -2.11. The molecule has 0 spiro atoms. The average Bonchev–Trinajstić information content (AvgIpc) is 3.25. The summed E-state index contributed by atoms with van der Waals surface area (Å²) >= 11 is 3.17. The largest absolute Gasteiger partial charge is 0.348 e. The van der Waals surface area contributed by atoms with Crippen molar-refractivity contribution >= 4 is 40.6 Å². The van der Waals surface area contributed by atoms with Crippen molar-refractivity contribution in [2.75, 3.05) is 5.32 Å².